The summed E-state index contributed by atoms with van der Waals surface area (Å²) in [5, 5.41) is 0. The molecule has 60 valence electrons. The molecule has 0 spiro atoms. The Hall–Kier alpha value is -0.280. The predicted octanol–water partition coefficient (Wildman–Crippen LogP) is 2.38. The minimum Gasteiger partial charge on any atom is -0.454 e. The van der Waals surface area contributed by atoms with Gasteiger partial charge in [-0.05, 0) is 34.8 Å². The number of halogens is 1. The van der Waals surface area contributed by atoms with Crippen LogP contribution in [0.3, 0.4) is 0 Å². The molecule has 0 radical (unpaired) electrons. The third-order valence-corrected chi connectivity index (χ3v) is 2.52. The SMILES string of the molecule is NC1CCCc2oc(Br)cc21. The second-order valence-electron chi connectivity index (χ2n) is 2.93. The summed E-state index contributed by atoms with van der Waals surface area (Å²) < 4.78 is 6.22. The average molecular weight is 216 g/mol. The van der Waals surface area contributed by atoms with Crippen molar-refractivity contribution in [3.8, 4) is 0 Å². The second-order valence-corrected chi connectivity index (χ2v) is 3.71. The van der Waals surface area contributed by atoms with Crippen LogP contribution in [-0.4, -0.2) is 0 Å². The summed E-state index contributed by atoms with van der Waals surface area (Å²) in [6.45, 7) is 0. The summed E-state index contributed by atoms with van der Waals surface area (Å²) in [5.41, 5.74) is 7.06. The van der Waals surface area contributed by atoms with Crippen LogP contribution in [0.25, 0.3) is 0 Å². The smallest absolute Gasteiger partial charge is 0.169 e. The number of fused-ring (bicyclic) bond motifs is 1. The molecule has 0 amide bonds. The van der Waals surface area contributed by atoms with Crippen LogP contribution in [0.15, 0.2) is 15.2 Å². The number of rotatable bonds is 0. The van der Waals surface area contributed by atoms with Gasteiger partial charge in [-0.1, -0.05) is 0 Å². The Morgan fingerprint density at radius 3 is 3.18 bits per heavy atom. The van der Waals surface area contributed by atoms with Gasteiger partial charge in [0.2, 0.25) is 0 Å². The summed E-state index contributed by atoms with van der Waals surface area (Å²) in [5.74, 6) is 1.07. The topological polar surface area (TPSA) is 39.2 Å². The van der Waals surface area contributed by atoms with Gasteiger partial charge < -0.3 is 10.2 Å². The first-order valence-corrected chi connectivity index (χ1v) is 4.60. The zero-order chi connectivity index (χ0) is 7.84. The fraction of sp³-hybridized carbons (Fsp3) is 0.500. The van der Waals surface area contributed by atoms with Crippen molar-refractivity contribution >= 4 is 15.9 Å². The number of nitrogens with two attached hydrogens (primary N) is 1. The molecule has 1 aliphatic rings. The Kier molecular flexibility index (Phi) is 1.77. The molecule has 1 heterocycles. The maximum atomic E-state index is 5.88. The zero-order valence-corrected chi connectivity index (χ0v) is 7.73. The van der Waals surface area contributed by atoms with Gasteiger partial charge in [0.25, 0.3) is 0 Å². The summed E-state index contributed by atoms with van der Waals surface area (Å²) in [4.78, 5) is 0. The summed E-state index contributed by atoms with van der Waals surface area (Å²) in [7, 11) is 0. The Balaban J connectivity index is 2.43. The van der Waals surface area contributed by atoms with Crippen molar-refractivity contribution in [3.05, 3.63) is 22.1 Å². The molecule has 1 aromatic heterocycles. The van der Waals surface area contributed by atoms with Crippen LogP contribution in [0.1, 0.15) is 30.2 Å². The van der Waals surface area contributed by atoms with E-state index in [2.05, 4.69) is 15.9 Å². The van der Waals surface area contributed by atoms with E-state index in [1.807, 2.05) is 6.07 Å². The van der Waals surface area contributed by atoms with Crippen molar-refractivity contribution < 1.29 is 4.42 Å². The standard InChI is InChI=1S/C8H10BrNO/c9-8-4-5-6(10)2-1-3-7(5)11-8/h4,6H,1-3,10H2. The first-order valence-electron chi connectivity index (χ1n) is 3.81. The van der Waals surface area contributed by atoms with Gasteiger partial charge in [0.15, 0.2) is 4.67 Å². The van der Waals surface area contributed by atoms with E-state index in [9.17, 15) is 0 Å². The van der Waals surface area contributed by atoms with Gasteiger partial charge in [0, 0.05) is 18.0 Å². The van der Waals surface area contributed by atoms with E-state index in [0.717, 1.165) is 29.7 Å². The van der Waals surface area contributed by atoms with Crippen LogP contribution < -0.4 is 5.73 Å². The highest BCUT2D eigenvalue weighted by atomic mass is 79.9. The van der Waals surface area contributed by atoms with Gasteiger partial charge in [0.1, 0.15) is 5.76 Å². The molecule has 1 aromatic rings. The average Bonchev–Trinajstić information content (AvgIpc) is 2.31. The number of hydrogen-bond acceptors (Lipinski definition) is 2. The van der Waals surface area contributed by atoms with Crippen LogP contribution >= 0.6 is 15.9 Å². The number of aryl methyl sites for hydroxylation is 1. The molecule has 1 atom stereocenters. The molecular formula is C8H10BrNO. The van der Waals surface area contributed by atoms with E-state index < -0.39 is 0 Å². The van der Waals surface area contributed by atoms with E-state index in [1.165, 1.54) is 5.56 Å². The minimum atomic E-state index is 0.189. The van der Waals surface area contributed by atoms with Crippen molar-refractivity contribution in [1.29, 1.82) is 0 Å². The van der Waals surface area contributed by atoms with E-state index in [4.69, 9.17) is 10.2 Å². The lowest BCUT2D eigenvalue weighted by atomic mass is 9.94. The molecule has 0 saturated heterocycles. The largest absolute Gasteiger partial charge is 0.454 e. The Labute approximate surface area is 73.9 Å². The number of hydrogen-bond donors (Lipinski definition) is 1. The van der Waals surface area contributed by atoms with Gasteiger partial charge in [0.05, 0.1) is 0 Å². The first kappa shape index (κ1) is 7.37. The third kappa shape index (κ3) is 1.23. The second kappa shape index (κ2) is 2.64. The molecule has 0 aromatic carbocycles. The van der Waals surface area contributed by atoms with Crippen molar-refractivity contribution in [2.45, 2.75) is 25.3 Å². The zero-order valence-electron chi connectivity index (χ0n) is 6.14. The molecular weight excluding hydrogens is 206 g/mol. The molecule has 11 heavy (non-hydrogen) atoms. The molecule has 2 N–H and O–H groups in total. The summed E-state index contributed by atoms with van der Waals surface area (Å²) in [6, 6.07) is 2.17. The normalized spacial score (nSPS) is 23.3. The molecule has 1 aliphatic carbocycles. The van der Waals surface area contributed by atoms with Crippen molar-refractivity contribution in [3.63, 3.8) is 0 Å². The Morgan fingerprint density at radius 1 is 1.64 bits per heavy atom. The third-order valence-electron chi connectivity index (χ3n) is 2.13. The monoisotopic (exact) mass is 215 g/mol. The van der Waals surface area contributed by atoms with Crippen LogP contribution in [0.5, 0.6) is 0 Å². The van der Waals surface area contributed by atoms with Gasteiger partial charge in [-0.3, -0.25) is 0 Å². The van der Waals surface area contributed by atoms with Gasteiger partial charge in [-0.25, -0.2) is 0 Å². The molecule has 3 heteroatoms. The predicted molar refractivity (Wildman–Crippen MR) is 46.3 cm³/mol. The highest BCUT2D eigenvalue weighted by Crippen LogP contribution is 2.32. The fourth-order valence-corrected chi connectivity index (χ4v) is 2.00. The van der Waals surface area contributed by atoms with Gasteiger partial charge >= 0.3 is 0 Å². The molecule has 0 saturated carbocycles. The quantitative estimate of drug-likeness (QED) is 0.723. The first-order chi connectivity index (χ1) is 5.27. The van der Waals surface area contributed by atoms with Crippen molar-refractivity contribution in [1.82, 2.24) is 0 Å². The molecule has 0 aliphatic heterocycles. The molecule has 0 fully saturated rings. The molecule has 1 unspecified atom stereocenters. The lowest BCUT2D eigenvalue weighted by Gasteiger charge is -2.16. The Bertz CT molecular complexity index is 269. The van der Waals surface area contributed by atoms with Crippen molar-refractivity contribution in [2.75, 3.05) is 0 Å². The lowest BCUT2D eigenvalue weighted by molar-refractivity contribution is 0.441. The van der Waals surface area contributed by atoms with E-state index >= 15 is 0 Å². The Morgan fingerprint density at radius 2 is 2.45 bits per heavy atom. The van der Waals surface area contributed by atoms with Crippen molar-refractivity contribution in [2.24, 2.45) is 5.73 Å². The van der Waals surface area contributed by atoms with Crippen LogP contribution in [-0.2, 0) is 6.42 Å². The van der Waals surface area contributed by atoms with Crippen LogP contribution in [0.2, 0.25) is 0 Å². The highest BCUT2D eigenvalue weighted by Gasteiger charge is 2.20. The van der Waals surface area contributed by atoms with Gasteiger partial charge in [-0.2, -0.15) is 0 Å². The fourth-order valence-electron chi connectivity index (χ4n) is 1.56. The maximum Gasteiger partial charge on any atom is 0.169 e. The lowest BCUT2D eigenvalue weighted by Crippen LogP contribution is -2.15. The highest BCUT2D eigenvalue weighted by molar-refractivity contribution is 9.10. The van der Waals surface area contributed by atoms with Crippen LogP contribution in [0, 0.1) is 0 Å². The minimum absolute atomic E-state index is 0.189. The van der Waals surface area contributed by atoms with E-state index in [-0.39, 0.29) is 6.04 Å². The maximum absolute atomic E-state index is 5.88. The molecule has 0 bridgehead atoms. The summed E-state index contributed by atoms with van der Waals surface area (Å²) >= 11 is 3.30. The van der Waals surface area contributed by atoms with E-state index in [1.54, 1.807) is 0 Å². The van der Waals surface area contributed by atoms with E-state index in [0.29, 0.717) is 0 Å². The molecule has 2 nitrogen and oxygen atoms in total. The number of furan rings is 1. The molecule has 2 rings (SSSR count). The van der Waals surface area contributed by atoms with Crippen LogP contribution in [0.4, 0.5) is 0 Å². The van der Waals surface area contributed by atoms with Gasteiger partial charge in [-0.15, -0.1) is 0 Å². The summed E-state index contributed by atoms with van der Waals surface area (Å²) in [6.07, 6.45) is 3.27.